The molecule has 0 radical (unpaired) electrons. The molecule has 6 heteroatoms. The van der Waals surface area contributed by atoms with Gasteiger partial charge < -0.3 is 4.74 Å². The molecule has 0 unspecified atom stereocenters. The van der Waals surface area contributed by atoms with Gasteiger partial charge in [-0.05, 0) is 54.9 Å². The first-order valence-electron chi connectivity index (χ1n) is 8.48. The number of halogens is 1. The van der Waals surface area contributed by atoms with E-state index in [1.807, 2.05) is 24.3 Å². The molecule has 3 rings (SSSR count). The number of thiazole rings is 1. The zero-order chi connectivity index (χ0) is 18.0. The Labute approximate surface area is 161 Å². The second kappa shape index (κ2) is 7.46. The van der Waals surface area contributed by atoms with E-state index in [4.69, 9.17) is 4.74 Å². The van der Waals surface area contributed by atoms with E-state index in [1.54, 1.807) is 11.3 Å². The van der Waals surface area contributed by atoms with Gasteiger partial charge in [-0.25, -0.2) is 4.98 Å². The molecule has 134 valence electrons. The molecule has 25 heavy (non-hydrogen) atoms. The fraction of sp³-hybridized carbons (Fsp3) is 0.474. The summed E-state index contributed by atoms with van der Waals surface area (Å²) in [7, 11) is 0. The van der Waals surface area contributed by atoms with E-state index in [-0.39, 0.29) is 12.5 Å². The van der Waals surface area contributed by atoms with E-state index in [0.717, 1.165) is 23.0 Å². The molecule has 1 heterocycles. The summed E-state index contributed by atoms with van der Waals surface area (Å²) in [5, 5.41) is 3.55. The number of anilines is 1. The third-order valence-electron chi connectivity index (χ3n) is 4.59. The number of carbonyl (C=O) groups is 1. The molecule has 1 amide bonds. The number of aryl methyl sites for hydroxylation is 1. The highest BCUT2D eigenvalue weighted by Gasteiger charge is 2.30. The van der Waals surface area contributed by atoms with Gasteiger partial charge in [0.25, 0.3) is 5.91 Å². The highest BCUT2D eigenvalue weighted by molar-refractivity contribution is 9.10. The first kappa shape index (κ1) is 18.4. The van der Waals surface area contributed by atoms with Gasteiger partial charge in [0.05, 0.1) is 5.69 Å². The molecule has 0 spiro atoms. The smallest absolute Gasteiger partial charge is 0.264 e. The Morgan fingerprint density at radius 3 is 2.76 bits per heavy atom. The van der Waals surface area contributed by atoms with Gasteiger partial charge in [0, 0.05) is 9.35 Å². The summed E-state index contributed by atoms with van der Waals surface area (Å²) in [6.45, 7) is 6.88. The van der Waals surface area contributed by atoms with Crippen LogP contribution in [0.2, 0.25) is 0 Å². The molecule has 0 aliphatic heterocycles. The van der Waals surface area contributed by atoms with E-state index < -0.39 is 0 Å². The molecule has 1 atom stereocenters. The molecular formula is C19H23BrN2O2S. The van der Waals surface area contributed by atoms with Crippen molar-refractivity contribution in [1.29, 1.82) is 0 Å². The molecule has 1 N–H and O–H groups in total. The Hall–Kier alpha value is -1.40. The Kier molecular flexibility index (Phi) is 5.49. The largest absolute Gasteiger partial charge is 0.484 e. The van der Waals surface area contributed by atoms with Crippen molar-refractivity contribution in [3.63, 3.8) is 0 Å². The summed E-state index contributed by atoms with van der Waals surface area (Å²) in [6, 6.07) is 7.42. The Morgan fingerprint density at radius 1 is 1.36 bits per heavy atom. The molecule has 1 aromatic heterocycles. The van der Waals surface area contributed by atoms with Crippen LogP contribution in [0.1, 0.15) is 37.8 Å². The van der Waals surface area contributed by atoms with Crippen LogP contribution in [-0.4, -0.2) is 17.5 Å². The first-order chi connectivity index (χ1) is 11.8. The predicted molar refractivity (Wildman–Crippen MR) is 105 cm³/mol. The van der Waals surface area contributed by atoms with Crippen molar-refractivity contribution >= 4 is 38.3 Å². The Morgan fingerprint density at radius 2 is 2.08 bits per heavy atom. The number of fused-ring (bicyclic) bond motifs is 1. The average molecular weight is 423 g/mol. The van der Waals surface area contributed by atoms with Crippen molar-refractivity contribution in [2.24, 2.45) is 11.3 Å². The second-order valence-electron chi connectivity index (χ2n) is 7.49. The highest BCUT2D eigenvalue weighted by Crippen LogP contribution is 2.40. The molecule has 4 nitrogen and oxygen atoms in total. The van der Waals surface area contributed by atoms with Crippen LogP contribution >= 0.6 is 27.3 Å². The van der Waals surface area contributed by atoms with E-state index in [0.29, 0.717) is 22.2 Å². The summed E-state index contributed by atoms with van der Waals surface area (Å²) in [5.41, 5.74) is 1.46. The number of amides is 1. The lowest BCUT2D eigenvalue weighted by molar-refractivity contribution is -0.118. The fourth-order valence-corrected chi connectivity index (χ4v) is 4.37. The highest BCUT2D eigenvalue weighted by atomic mass is 79.9. The minimum absolute atomic E-state index is 0.0174. The maximum atomic E-state index is 12.1. The molecule has 2 aromatic rings. The molecule has 0 saturated carbocycles. The first-order valence-corrected chi connectivity index (χ1v) is 10.1. The molecular weight excluding hydrogens is 400 g/mol. The lowest BCUT2D eigenvalue weighted by atomic mass is 9.73. The van der Waals surface area contributed by atoms with Gasteiger partial charge >= 0.3 is 0 Å². The number of carbonyl (C=O) groups excluding carboxylic acids is 1. The normalized spacial score (nSPS) is 17.0. The van der Waals surface area contributed by atoms with Gasteiger partial charge in [0.15, 0.2) is 11.7 Å². The average Bonchev–Trinajstić information content (AvgIpc) is 2.94. The molecule has 0 bridgehead atoms. The molecule has 0 fully saturated rings. The van der Waals surface area contributed by atoms with E-state index in [1.165, 1.54) is 11.3 Å². The lowest BCUT2D eigenvalue weighted by Gasteiger charge is -2.33. The number of nitrogens with zero attached hydrogens (tertiary/aromatic N) is 1. The number of rotatable bonds is 4. The van der Waals surface area contributed by atoms with Crippen molar-refractivity contribution < 1.29 is 9.53 Å². The summed E-state index contributed by atoms with van der Waals surface area (Å²) < 4.78 is 6.48. The van der Waals surface area contributed by atoms with Crippen LogP contribution < -0.4 is 10.1 Å². The van der Waals surface area contributed by atoms with Gasteiger partial charge in [-0.1, -0.05) is 36.7 Å². The summed E-state index contributed by atoms with van der Waals surface area (Å²) >= 11 is 4.97. The second-order valence-corrected chi connectivity index (χ2v) is 9.48. The Bertz CT molecular complexity index is 750. The lowest BCUT2D eigenvalue weighted by Crippen LogP contribution is -2.26. The SMILES string of the molecule is CC(C)(C)[C@H]1CCc2nc(NC(=O)COc3ccc(Br)cc3)sc2C1. The van der Waals surface area contributed by atoms with Crippen LogP contribution in [0.4, 0.5) is 5.13 Å². The van der Waals surface area contributed by atoms with Crippen molar-refractivity contribution in [3.05, 3.63) is 39.3 Å². The van der Waals surface area contributed by atoms with Crippen LogP contribution in [0, 0.1) is 11.3 Å². The predicted octanol–water partition coefficient (Wildman–Crippen LogP) is 5.07. The monoisotopic (exact) mass is 422 g/mol. The zero-order valence-corrected chi connectivity index (χ0v) is 17.2. The molecule has 1 aliphatic carbocycles. The Balaban J connectivity index is 1.56. The standard InChI is InChI=1S/C19H23BrN2O2S/c1-19(2,3)12-4-9-15-16(10-12)25-18(21-15)22-17(23)11-24-14-7-5-13(20)6-8-14/h5-8,12H,4,9-11H2,1-3H3,(H,21,22,23)/t12-/m0/s1. The van der Waals surface area contributed by atoms with Crippen molar-refractivity contribution in [2.75, 3.05) is 11.9 Å². The third kappa shape index (κ3) is 4.82. The van der Waals surface area contributed by atoms with Crippen LogP contribution in [0.5, 0.6) is 5.75 Å². The number of hydrogen-bond donors (Lipinski definition) is 1. The molecule has 0 saturated heterocycles. The van der Waals surface area contributed by atoms with Crippen LogP contribution in [-0.2, 0) is 17.6 Å². The number of nitrogens with one attached hydrogen (secondary N) is 1. The van der Waals surface area contributed by atoms with Gasteiger partial charge in [-0.2, -0.15) is 0 Å². The van der Waals surface area contributed by atoms with Crippen molar-refractivity contribution in [3.8, 4) is 5.75 Å². The van der Waals surface area contributed by atoms with Gasteiger partial charge in [-0.15, -0.1) is 11.3 Å². The van der Waals surface area contributed by atoms with Crippen molar-refractivity contribution in [2.45, 2.75) is 40.0 Å². The molecule has 1 aromatic carbocycles. The van der Waals surface area contributed by atoms with Gasteiger partial charge in [0.2, 0.25) is 0 Å². The van der Waals surface area contributed by atoms with Crippen LogP contribution in [0.25, 0.3) is 0 Å². The maximum Gasteiger partial charge on any atom is 0.264 e. The quantitative estimate of drug-likeness (QED) is 0.747. The van der Waals surface area contributed by atoms with E-state index in [9.17, 15) is 4.79 Å². The minimum Gasteiger partial charge on any atom is -0.484 e. The minimum atomic E-state index is -0.179. The van der Waals surface area contributed by atoms with Gasteiger partial charge in [0.1, 0.15) is 5.75 Å². The van der Waals surface area contributed by atoms with Gasteiger partial charge in [-0.3, -0.25) is 10.1 Å². The maximum absolute atomic E-state index is 12.1. The van der Waals surface area contributed by atoms with Crippen LogP contribution in [0.15, 0.2) is 28.7 Å². The zero-order valence-electron chi connectivity index (χ0n) is 14.8. The number of hydrogen-bond acceptors (Lipinski definition) is 4. The third-order valence-corrected chi connectivity index (χ3v) is 6.16. The van der Waals surface area contributed by atoms with Crippen LogP contribution in [0.3, 0.4) is 0 Å². The summed E-state index contributed by atoms with van der Waals surface area (Å²) in [5.74, 6) is 1.16. The summed E-state index contributed by atoms with van der Waals surface area (Å²) in [6.07, 6.45) is 3.22. The van der Waals surface area contributed by atoms with E-state index >= 15 is 0 Å². The summed E-state index contributed by atoms with van der Waals surface area (Å²) in [4.78, 5) is 18.0. The number of ether oxygens (including phenoxy) is 1. The fourth-order valence-electron chi connectivity index (χ4n) is 3.00. The van der Waals surface area contributed by atoms with Crippen molar-refractivity contribution in [1.82, 2.24) is 4.98 Å². The number of aromatic nitrogens is 1. The van der Waals surface area contributed by atoms with E-state index in [2.05, 4.69) is 47.0 Å². The molecule has 1 aliphatic rings. The topological polar surface area (TPSA) is 51.2 Å². The number of benzene rings is 1.